The van der Waals surface area contributed by atoms with Crippen LogP contribution in [0, 0.1) is 12.7 Å². The van der Waals surface area contributed by atoms with Crippen molar-refractivity contribution < 1.29 is 4.39 Å². The molecule has 1 aliphatic rings. The third-order valence-electron chi connectivity index (χ3n) is 2.43. The number of hydrogen-bond donors (Lipinski definition) is 1. The SMILES string of the molecule is Cc1cc(N2CCNCC2)c(F)cn1. The van der Waals surface area contributed by atoms with Crippen LogP contribution in [0.25, 0.3) is 0 Å². The highest BCUT2D eigenvalue weighted by Gasteiger charge is 2.14. The minimum absolute atomic E-state index is 0.225. The van der Waals surface area contributed by atoms with E-state index in [4.69, 9.17) is 0 Å². The quantitative estimate of drug-likeness (QED) is 0.722. The molecule has 0 amide bonds. The van der Waals surface area contributed by atoms with E-state index in [2.05, 4.69) is 15.2 Å². The summed E-state index contributed by atoms with van der Waals surface area (Å²) < 4.78 is 13.4. The number of nitrogens with zero attached hydrogens (tertiary/aromatic N) is 2. The van der Waals surface area contributed by atoms with Gasteiger partial charge in [0.25, 0.3) is 0 Å². The molecule has 1 fully saturated rings. The molecular formula is C10H14FN3. The number of rotatable bonds is 1. The van der Waals surface area contributed by atoms with Gasteiger partial charge in [-0.2, -0.15) is 0 Å². The first-order chi connectivity index (χ1) is 6.77. The maximum atomic E-state index is 13.4. The van der Waals surface area contributed by atoms with Crippen molar-refractivity contribution in [1.29, 1.82) is 0 Å². The standard InChI is InChI=1S/C10H14FN3/c1-8-6-10(9(11)7-13-8)14-4-2-12-3-5-14/h6-7,12H,2-5H2,1H3. The molecule has 3 nitrogen and oxygen atoms in total. The van der Waals surface area contributed by atoms with Gasteiger partial charge in [0.05, 0.1) is 11.9 Å². The monoisotopic (exact) mass is 195 g/mol. The average Bonchev–Trinajstić information content (AvgIpc) is 2.23. The van der Waals surface area contributed by atoms with E-state index < -0.39 is 0 Å². The van der Waals surface area contributed by atoms with Gasteiger partial charge >= 0.3 is 0 Å². The summed E-state index contributed by atoms with van der Waals surface area (Å²) >= 11 is 0. The van der Waals surface area contributed by atoms with Gasteiger partial charge in [0.2, 0.25) is 0 Å². The molecule has 1 N–H and O–H groups in total. The van der Waals surface area contributed by atoms with Gasteiger partial charge in [0, 0.05) is 31.9 Å². The summed E-state index contributed by atoms with van der Waals surface area (Å²) in [5.74, 6) is -0.225. The van der Waals surface area contributed by atoms with Crippen LogP contribution in [-0.4, -0.2) is 31.2 Å². The Morgan fingerprint density at radius 3 is 2.86 bits per heavy atom. The molecule has 76 valence electrons. The fraction of sp³-hybridized carbons (Fsp3) is 0.500. The average molecular weight is 195 g/mol. The highest BCUT2D eigenvalue weighted by atomic mass is 19.1. The maximum absolute atomic E-state index is 13.4. The minimum Gasteiger partial charge on any atom is -0.367 e. The molecule has 1 aromatic heterocycles. The molecular weight excluding hydrogens is 181 g/mol. The Kier molecular flexibility index (Phi) is 2.63. The van der Waals surface area contributed by atoms with Crippen LogP contribution in [0.5, 0.6) is 0 Å². The molecule has 0 aliphatic carbocycles. The lowest BCUT2D eigenvalue weighted by molar-refractivity contribution is 0.563. The predicted molar refractivity (Wildman–Crippen MR) is 54.0 cm³/mol. The van der Waals surface area contributed by atoms with Crippen LogP contribution < -0.4 is 10.2 Å². The first-order valence-corrected chi connectivity index (χ1v) is 4.85. The number of halogens is 1. The highest BCUT2D eigenvalue weighted by molar-refractivity contribution is 5.48. The summed E-state index contributed by atoms with van der Waals surface area (Å²) in [6.45, 7) is 5.44. The second kappa shape index (κ2) is 3.92. The number of aromatic nitrogens is 1. The Morgan fingerprint density at radius 2 is 2.14 bits per heavy atom. The van der Waals surface area contributed by atoms with Gasteiger partial charge in [0.15, 0.2) is 5.82 Å². The second-order valence-corrected chi connectivity index (χ2v) is 3.51. The predicted octanol–water partition coefficient (Wildman–Crippen LogP) is 0.939. The van der Waals surface area contributed by atoms with Gasteiger partial charge in [-0.15, -0.1) is 0 Å². The molecule has 1 aromatic rings. The molecule has 0 unspecified atom stereocenters. The van der Waals surface area contributed by atoms with Crippen molar-refractivity contribution in [3.8, 4) is 0 Å². The zero-order valence-corrected chi connectivity index (χ0v) is 8.26. The molecule has 1 aliphatic heterocycles. The summed E-state index contributed by atoms with van der Waals surface area (Å²) in [5.41, 5.74) is 1.54. The molecule has 0 aromatic carbocycles. The Morgan fingerprint density at radius 1 is 1.43 bits per heavy atom. The number of pyridine rings is 1. The number of piperazine rings is 1. The fourth-order valence-electron chi connectivity index (χ4n) is 1.68. The summed E-state index contributed by atoms with van der Waals surface area (Å²) in [6.07, 6.45) is 1.30. The van der Waals surface area contributed by atoms with Crippen LogP contribution in [0.3, 0.4) is 0 Å². The summed E-state index contributed by atoms with van der Waals surface area (Å²) in [7, 11) is 0. The van der Waals surface area contributed by atoms with E-state index in [0.717, 1.165) is 31.9 Å². The topological polar surface area (TPSA) is 28.2 Å². The van der Waals surface area contributed by atoms with E-state index in [1.54, 1.807) is 6.07 Å². The third kappa shape index (κ3) is 1.85. The van der Waals surface area contributed by atoms with Crippen molar-refractivity contribution in [2.75, 3.05) is 31.1 Å². The van der Waals surface area contributed by atoms with E-state index >= 15 is 0 Å². The summed E-state index contributed by atoms with van der Waals surface area (Å²) in [4.78, 5) is 5.97. The van der Waals surface area contributed by atoms with Crippen molar-refractivity contribution in [2.45, 2.75) is 6.92 Å². The first-order valence-electron chi connectivity index (χ1n) is 4.85. The molecule has 0 atom stereocenters. The number of anilines is 1. The number of nitrogens with one attached hydrogen (secondary N) is 1. The van der Waals surface area contributed by atoms with Crippen molar-refractivity contribution in [3.63, 3.8) is 0 Å². The minimum atomic E-state index is -0.225. The number of aryl methyl sites for hydroxylation is 1. The van der Waals surface area contributed by atoms with Gasteiger partial charge in [0.1, 0.15) is 0 Å². The van der Waals surface area contributed by atoms with E-state index in [0.29, 0.717) is 5.69 Å². The molecule has 1 saturated heterocycles. The van der Waals surface area contributed by atoms with Gasteiger partial charge in [-0.25, -0.2) is 4.39 Å². The van der Waals surface area contributed by atoms with E-state index in [1.165, 1.54) is 6.20 Å². The Balaban J connectivity index is 2.24. The summed E-state index contributed by atoms with van der Waals surface area (Å²) in [6, 6.07) is 1.81. The molecule has 0 spiro atoms. The zero-order valence-electron chi connectivity index (χ0n) is 8.26. The van der Waals surface area contributed by atoms with Crippen LogP contribution in [0.2, 0.25) is 0 Å². The smallest absolute Gasteiger partial charge is 0.164 e. The van der Waals surface area contributed by atoms with Crippen molar-refractivity contribution in [3.05, 3.63) is 23.8 Å². The molecule has 2 rings (SSSR count). The normalized spacial score (nSPS) is 17.1. The molecule has 0 radical (unpaired) electrons. The van der Waals surface area contributed by atoms with Gasteiger partial charge in [-0.1, -0.05) is 0 Å². The molecule has 0 saturated carbocycles. The lowest BCUT2D eigenvalue weighted by Gasteiger charge is -2.29. The Labute approximate surface area is 82.9 Å². The molecule has 14 heavy (non-hydrogen) atoms. The van der Waals surface area contributed by atoms with Crippen LogP contribution in [0.1, 0.15) is 5.69 Å². The van der Waals surface area contributed by atoms with Crippen molar-refractivity contribution in [2.24, 2.45) is 0 Å². The van der Waals surface area contributed by atoms with E-state index in [1.807, 2.05) is 6.92 Å². The maximum Gasteiger partial charge on any atom is 0.164 e. The summed E-state index contributed by atoms with van der Waals surface area (Å²) in [5, 5.41) is 3.24. The van der Waals surface area contributed by atoms with Crippen molar-refractivity contribution >= 4 is 5.69 Å². The lowest BCUT2D eigenvalue weighted by Crippen LogP contribution is -2.43. The third-order valence-corrected chi connectivity index (χ3v) is 2.43. The Hall–Kier alpha value is -1.16. The van der Waals surface area contributed by atoms with Gasteiger partial charge < -0.3 is 10.2 Å². The molecule has 4 heteroatoms. The number of hydrogen-bond acceptors (Lipinski definition) is 3. The lowest BCUT2D eigenvalue weighted by atomic mass is 10.2. The van der Waals surface area contributed by atoms with Gasteiger partial charge in [-0.05, 0) is 13.0 Å². The van der Waals surface area contributed by atoms with Crippen LogP contribution in [0.4, 0.5) is 10.1 Å². The first kappa shape index (κ1) is 9.40. The van der Waals surface area contributed by atoms with Crippen molar-refractivity contribution in [1.82, 2.24) is 10.3 Å². The van der Waals surface area contributed by atoms with E-state index in [-0.39, 0.29) is 5.82 Å². The van der Waals surface area contributed by atoms with Crippen LogP contribution in [0.15, 0.2) is 12.3 Å². The zero-order chi connectivity index (χ0) is 9.97. The Bertz CT molecular complexity index is 321. The van der Waals surface area contributed by atoms with Gasteiger partial charge in [-0.3, -0.25) is 4.98 Å². The van der Waals surface area contributed by atoms with E-state index in [9.17, 15) is 4.39 Å². The van der Waals surface area contributed by atoms with Crippen LogP contribution in [-0.2, 0) is 0 Å². The highest BCUT2D eigenvalue weighted by Crippen LogP contribution is 2.19. The fourth-order valence-corrected chi connectivity index (χ4v) is 1.68. The molecule has 0 bridgehead atoms. The second-order valence-electron chi connectivity index (χ2n) is 3.51. The largest absolute Gasteiger partial charge is 0.367 e. The van der Waals surface area contributed by atoms with Crippen LogP contribution >= 0.6 is 0 Å². The molecule has 2 heterocycles.